The summed E-state index contributed by atoms with van der Waals surface area (Å²) in [5.41, 5.74) is -0.255. The minimum Gasteiger partial charge on any atom is -0.465 e. The van der Waals surface area contributed by atoms with Crippen LogP contribution in [0.15, 0.2) is 71.5 Å². The smallest absolute Gasteiger partial charge is 0.416 e. The largest absolute Gasteiger partial charge is 0.465 e. The highest BCUT2D eigenvalue weighted by atomic mass is 35.5. The predicted molar refractivity (Wildman–Crippen MR) is 143 cm³/mol. The third kappa shape index (κ3) is 8.72. The van der Waals surface area contributed by atoms with E-state index in [0.29, 0.717) is 16.7 Å². The van der Waals surface area contributed by atoms with Crippen molar-refractivity contribution in [3.63, 3.8) is 0 Å². The van der Waals surface area contributed by atoms with Crippen LogP contribution in [-0.2, 0) is 28.8 Å². The number of quaternary nitrogens is 1. The number of hydrogen-bond donors (Lipinski definition) is 2. The van der Waals surface area contributed by atoms with Crippen molar-refractivity contribution in [2.45, 2.75) is 45.6 Å². The van der Waals surface area contributed by atoms with Crippen molar-refractivity contribution in [2.24, 2.45) is 0 Å². The maximum Gasteiger partial charge on any atom is 0.416 e. The lowest BCUT2D eigenvalue weighted by Gasteiger charge is -2.34. The Balaban J connectivity index is 2.48. The summed E-state index contributed by atoms with van der Waals surface area (Å²) < 4.78 is 43.5. The highest BCUT2D eigenvalue weighted by Gasteiger charge is 2.38. The van der Waals surface area contributed by atoms with Gasteiger partial charge in [-0.3, -0.25) is 4.79 Å². The number of aliphatic hydroxyl groups is 1. The molecule has 0 radical (unpaired) electrons. The van der Waals surface area contributed by atoms with E-state index >= 15 is 0 Å². The van der Waals surface area contributed by atoms with Gasteiger partial charge in [-0.2, -0.15) is 13.2 Å². The van der Waals surface area contributed by atoms with Crippen LogP contribution in [0.4, 0.5) is 13.2 Å². The molecule has 0 aliphatic carbocycles. The van der Waals surface area contributed by atoms with Crippen LogP contribution in [0.2, 0.25) is 0 Å². The molecule has 1 amide bonds. The highest BCUT2D eigenvalue weighted by molar-refractivity contribution is 6.28. The van der Waals surface area contributed by atoms with Crippen molar-refractivity contribution in [3.8, 4) is 11.8 Å². The second-order valence-electron chi connectivity index (χ2n) is 9.57. The first-order valence-corrected chi connectivity index (χ1v) is 12.1. The first-order valence-electron chi connectivity index (χ1n) is 11.8. The number of halogens is 4. The Hall–Kier alpha value is -3.58. The maximum atomic E-state index is 13.6. The summed E-state index contributed by atoms with van der Waals surface area (Å²) in [6, 6.07) is 11.0. The number of benzene rings is 2. The van der Waals surface area contributed by atoms with Crippen molar-refractivity contribution < 1.29 is 37.1 Å². The molecule has 6 nitrogen and oxygen atoms in total. The molecular formula is C29H31ClF3N2O4+. The Morgan fingerprint density at radius 2 is 1.62 bits per heavy atom. The molecule has 39 heavy (non-hydrogen) atoms. The minimum absolute atomic E-state index is 0.00140. The van der Waals surface area contributed by atoms with E-state index in [1.165, 1.54) is 33.1 Å². The molecule has 0 fully saturated rings. The summed E-state index contributed by atoms with van der Waals surface area (Å²) in [6.07, 6.45) is -4.49. The van der Waals surface area contributed by atoms with Crippen molar-refractivity contribution in [3.05, 3.63) is 93.8 Å². The van der Waals surface area contributed by atoms with Crippen LogP contribution in [0.1, 0.15) is 47.8 Å². The summed E-state index contributed by atoms with van der Waals surface area (Å²) in [7, 11) is 2.88. The maximum absolute atomic E-state index is 13.6. The topological polar surface area (TPSA) is 75.6 Å². The van der Waals surface area contributed by atoms with Crippen LogP contribution in [-0.4, -0.2) is 41.2 Å². The molecule has 2 N–H and O–H groups in total. The molecule has 0 aromatic heterocycles. The second-order valence-corrected chi connectivity index (χ2v) is 10.0. The molecular weight excluding hydrogens is 533 g/mol. The van der Waals surface area contributed by atoms with E-state index < -0.39 is 29.2 Å². The Morgan fingerprint density at radius 3 is 2.08 bits per heavy atom. The number of nitrogens with one attached hydrogen (secondary N) is 1. The van der Waals surface area contributed by atoms with Gasteiger partial charge < -0.3 is 15.2 Å². The third-order valence-corrected chi connectivity index (χ3v) is 6.14. The van der Waals surface area contributed by atoms with E-state index in [1.807, 2.05) is 0 Å². The van der Waals surface area contributed by atoms with E-state index in [1.54, 1.807) is 38.2 Å². The molecule has 1 atom stereocenters. The Bertz CT molecular complexity index is 1320. The molecule has 2 aromatic rings. The summed E-state index contributed by atoms with van der Waals surface area (Å²) >= 11 is 6.43. The molecule has 1 unspecified atom stereocenters. The lowest BCUT2D eigenvalue weighted by atomic mass is 10.1. The number of allylic oxidation sites excluding steroid dienone is 1. The molecule has 0 saturated carbocycles. The van der Waals surface area contributed by atoms with Gasteiger partial charge in [-0.1, -0.05) is 36.1 Å². The zero-order valence-electron chi connectivity index (χ0n) is 22.4. The van der Waals surface area contributed by atoms with Crippen molar-refractivity contribution in [1.82, 2.24) is 5.32 Å². The van der Waals surface area contributed by atoms with Crippen LogP contribution in [0.5, 0.6) is 0 Å². The molecule has 10 heteroatoms. The average Bonchev–Trinajstić information content (AvgIpc) is 2.85. The van der Waals surface area contributed by atoms with Gasteiger partial charge in [-0.05, 0) is 68.8 Å². The molecule has 0 bridgehead atoms. The summed E-state index contributed by atoms with van der Waals surface area (Å²) in [5.74, 6) is 4.43. The first-order chi connectivity index (χ1) is 18.0. The number of amides is 1. The van der Waals surface area contributed by atoms with Gasteiger partial charge in [0.25, 0.3) is 0 Å². The normalized spacial score (nSPS) is 13.8. The average molecular weight is 564 g/mol. The number of rotatable bonds is 8. The van der Waals surface area contributed by atoms with E-state index in [0.717, 1.165) is 12.1 Å². The molecule has 208 valence electrons. The molecule has 2 rings (SSSR count). The number of hydrogen-bond acceptors (Lipinski definition) is 4. The van der Waals surface area contributed by atoms with Gasteiger partial charge in [0, 0.05) is 12.1 Å². The van der Waals surface area contributed by atoms with Gasteiger partial charge in [-0.15, -0.1) is 0 Å². The summed E-state index contributed by atoms with van der Waals surface area (Å²) in [4.78, 5) is 25.3. The molecule has 2 aromatic carbocycles. The first kappa shape index (κ1) is 31.6. The molecule has 0 aliphatic rings. The third-order valence-electron chi connectivity index (χ3n) is 5.76. The van der Waals surface area contributed by atoms with E-state index in [-0.39, 0.29) is 34.0 Å². The quantitative estimate of drug-likeness (QED) is 0.146. The van der Waals surface area contributed by atoms with E-state index in [4.69, 9.17) is 11.6 Å². The van der Waals surface area contributed by atoms with E-state index in [2.05, 4.69) is 28.5 Å². The highest BCUT2D eigenvalue weighted by Crippen LogP contribution is 2.33. The lowest BCUT2D eigenvalue weighted by molar-refractivity contribution is -0.836. The standard InChI is InChI=1S/C29H30ClF3N2O4/c1-19(15-16-28(3,4)38)25(26(36)34-17-21-7-11-23(12-8-21)27(37)39-6)35(5,20(2)30)18-22-9-13-24(14-10-22)29(31,32)33/h7-14,38H,2,17-18H2,1,3-6H3/p+1/b25-19+. The van der Waals surface area contributed by atoms with Gasteiger partial charge in [0.15, 0.2) is 5.16 Å². The zero-order chi connectivity index (χ0) is 29.6. The molecule has 0 heterocycles. The van der Waals surface area contributed by atoms with Crippen molar-refractivity contribution >= 4 is 23.5 Å². The number of nitrogens with zero attached hydrogens (tertiary/aromatic N) is 1. The number of methoxy groups -OCH3 is 1. The van der Waals surface area contributed by atoms with Crippen LogP contribution < -0.4 is 5.32 Å². The molecule has 0 aliphatic heterocycles. The SMILES string of the molecule is C=C(Cl)[N+](C)(Cc1ccc(C(F)(F)F)cc1)/C(C(=O)NCc1ccc(C(=O)OC)cc1)=C(\C)C#CC(C)(C)O. The van der Waals surface area contributed by atoms with Crippen molar-refractivity contribution in [2.75, 3.05) is 14.2 Å². The van der Waals surface area contributed by atoms with Crippen LogP contribution in [0.25, 0.3) is 0 Å². The van der Waals surface area contributed by atoms with Gasteiger partial charge in [0.1, 0.15) is 12.1 Å². The number of likely N-dealkylation sites (N-methyl/N-ethyl adjacent to an activating group) is 1. The Morgan fingerprint density at radius 1 is 1.08 bits per heavy atom. The monoisotopic (exact) mass is 563 g/mol. The van der Waals surface area contributed by atoms with Gasteiger partial charge >= 0.3 is 18.1 Å². The van der Waals surface area contributed by atoms with Crippen LogP contribution >= 0.6 is 11.6 Å². The number of carbonyl (C=O) groups is 2. The number of alkyl halides is 3. The fourth-order valence-electron chi connectivity index (χ4n) is 3.66. The van der Waals surface area contributed by atoms with Gasteiger partial charge in [-0.25, -0.2) is 9.28 Å². The Kier molecular flexibility index (Phi) is 10.2. The van der Waals surface area contributed by atoms with Crippen LogP contribution in [0.3, 0.4) is 0 Å². The second kappa shape index (κ2) is 12.5. The summed E-state index contributed by atoms with van der Waals surface area (Å²) in [5, 5.41) is 12.9. The fraction of sp³-hybridized carbons (Fsp3) is 0.310. The minimum atomic E-state index is -4.49. The van der Waals surface area contributed by atoms with E-state index in [9.17, 15) is 27.9 Å². The fourth-order valence-corrected chi connectivity index (χ4v) is 3.81. The number of ether oxygens (including phenoxy) is 1. The molecule has 0 saturated heterocycles. The van der Waals surface area contributed by atoms with Crippen LogP contribution in [0, 0.1) is 11.8 Å². The van der Waals surface area contributed by atoms with Gasteiger partial charge in [0.2, 0.25) is 5.70 Å². The van der Waals surface area contributed by atoms with Gasteiger partial charge in [0.05, 0.1) is 30.9 Å². The lowest BCUT2D eigenvalue weighted by Crippen LogP contribution is -2.46. The summed E-state index contributed by atoms with van der Waals surface area (Å²) in [6.45, 7) is 8.48. The number of carbonyl (C=O) groups excluding carboxylic acids is 2. The van der Waals surface area contributed by atoms with Crippen molar-refractivity contribution in [1.29, 1.82) is 0 Å². The predicted octanol–water partition coefficient (Wildman–Crippen LogP) is 5.51. The molecule has 0 spiro atoms. The Labute approximate surface area is 231 Å². The number of esters is 1. The zero-order valence-corrected chi connectivity index (χ0v) is 23.1.